The molecule has 0 atom stereocenters. The van der Waals surface area contributed by atoms with Gasteiger partial charge in [0.15, 0.2) is 0 Å². The highest BCUT2D eigenvalue weighted by molar-refractivity contribution is 7.98. The second kappa shape index (κ2) is 6.73. The van der Waals surface area contributed by atoms with Crippen LogP contribution in [-0.2, 0) is 0 Å². The van der Waals surface area contributed by atoms with Crippen LogP contribution in [-0.4, -0.2) is 6.26 Å². The standard InChI is InChI=1S/C23H17FS/c1-25-21-12-8-17(9-13-21)23-15-19-5-3-2-4-18(19)14-22(23)16-6-10-20(24)11-7-16/h2-15H,1H3. The fraction of sp³-hybridized carbons (Fsp3) is 0.0435. The number of halogens is 1. The van der Waals surface area contributed by atoms with Gasteiger partial charge in [0.05, 0.1) is 0 Å². The maximum atomic E-state index is 13.4. The first-order chi connectivity index (χ1) is 12.2. The predicted molar refractivity (Wildman–Crippen MR) is 107 cm³/mol. The molecule has 4 rings (SSSR count). The highest BCUT2D eigenvalue weighted by atomic mass is 32.2. The molecule has 0 fully saturated rings. The topological polar surface area (TPSA) is 0 Å². The van der Waals surface area contributed by atoms with E-state index in [1.165, 1.54) is 33.4 Å². The maximum Gasteiger partial charge on any atom is 0.123 e. The molecular formula is C23H17FS. The van der Waals surface area contributed by atoms with Crippen molar-refractivity contribution in [3.05, 3.63) is 90.7 Å². The molecule has 0 bridgehead atoms. The first-order valence-corrected chi connectivity index (χ1v) is 9.40. The Morgan fingerprint density at radius 2 is 1.12 bits per heavy atom. The van der Waals surface area contributed by atoms with Gasteiger partial charge in [0.2, 0.25) is 0 Å². The van der Waals surface area contributed by atoms with E-state index in [4.69, 9.17) is 0 Å². The zero-order valence-corrected chi connectivity index (χ0v) is 14.7. The van der Waals surface area contributed by atoms with Gasteiger partial charge in [-0.3, -0.25) is 0 Å². The van der Waals surface area contributed by atoms with E-state index in [2.05, 4.69) is 60.9 Å². The molecule has 0 heterocycles. The molecule has 0 aliphatic heterocycles. The van der Waals surface area contributed by atoms with Crippen LogP contribution < -0.4 is 0 Å². The number of fused-ring (bicyclic) bond motifs is 1. The summed E-state index contributed by atoms with van der Waals surface area (Å²) >= 11 is 1.74. The maximum absolute atomic E-state index is 13.4. The number of rotatable bonds is 3. The second-order valence-electron chi connectivity index (χ2n) is 5.98. The van der Waals surface area contributed by atoms with E-state index in [0.29, 0.717) is 0 Å². The van der Waals surface area contributed by atoms with Crippen molar-refractivity contribution < 1.29 is 4.39 Å². The summed E-state index contributed by atoms with van der Waals surface area (Å²) in [6, 6.07) is 28.1. The van der Waals surface area contributed by atoms with Crippen molar-refractivity contribution in [3.8, 4) is 22.3 Å². The van der Waals surface area contributed by atoms with Crippen LogP contribution in [0.2, 0.25) is 0 Å². The lowest BCUT2D eigenvalue weighted by atomic mass is 9.91. The molecule has 0 unspecified atom stereocenters. The summed E-state index contributed by atoms with van der Waals surface area (Å²) in [4.78, 5) is 1.24. The summed E-state index contributed by atoms with van der Waals surface area (Å²) < 4.78 is 13.4. The quantitative estimate of drug-likeness (QED) is 0.359. The normalized spacial score (nSPS) is 11.0. The average molecular weight is 344 g/mol. The van der Waals surface area contributed by atoms with E-state index in [0.717, 1.165) is 16.7 Å². The van der Waals surface area contributed by atoms with E-state index in [1.54, 1.807) is 11.8 Å². The summed E-state index contributed by atoms with van der Waals surface area (Å²) in [6.07, 6.45) is 2.08. The highest BCUT2D eigenvalue weighted by Gasteiger charge is 2.10. The lowest BCUT2D eigenvalue weighted by molar-refractivity contribution is 0.628. The Kier molecular flexibility index (Phi) is 4.29. The fourth-order valence-electron chi connectivity index (χ4n) is 3.12. The van der Waals surface area contributed by atoms with Gasteiger partial charge in [0.1, 0.15) is 5.82 Å². The molecule has 0 amide bonds. The molecule has 0 saturated carbocycles. The van der Waals surface area contributed by atoms with E-state index in [9.17, 15) is 4.39 Å². The van der Waals surface area contributed by atoms with Crippen LogP contribution in [0.4, 0.5) is 4.39 Å². The Labute approximate surface area is 151 Å². The smallest absolute Gasteiger partial charge is 0.123 e. The Morgan fingerprint density at radius 3 is 1.60 bits per heavy atom. The van der Waals surface area contributed by atoms with Crippen LogP contribution in [0.25, 0.3) is 33.0 Å². The Morgan fingerprint density at radius 1 is 0.640 bits per heavy atom. The third kappa shape index (κ3) is 3.18. The van der Waals surface area contributed by atoms with Crippen molar-refractivity contribution in [1.82, 2.24) is 0 Å². The zero-order chi connectivity index (χ0) is 17.2. The van der Waals surface area contributed by atoms with Gasteiger partial charge in [-0.25, -0.2) is 4.39 Å². The largest absolute Gasteiger partial charge is 0.207 e. The summed E-state index contributed by atoms with van der Waals surface area (Å²) in [5, 5.41) is 2.39. The van der Waals surface area contributed by atoms with Crippen LogP contribution in [0.3, 0.4) is 0 Å². The molecule has 0 aromatic heterocycles. The SMILES string of the molecule is CSc1ccc(-c2cc3ccccc3cc2-c2ccc(F)cc2)cc1. The van der Waals surface area contributed by atoms with Gasteiger partial charge in [-0.1, -0.05) is 48.5 Å². The monoisotopic (exact) mass is 344 g/mol. The van der Waals surface area contributed by atoms with Crippen LogP contribution in [0, 0.1) is 5.82 Å². The molecule has 0 aliphatic rings. The number of hydrogen-bond acceptors (Lipinski definition) is 1. The lowest BCUT2D eigenvalue weighted by Gasteiger charge is -2.13. The number of benzene rings is 4. The minimum atomic E-state index is -0.213. The molecule has 0 spiro atoms. The van der Waals surface area contributed by atoms with E-state index < -0.39 is 0 Å². The number of thioether (sulfide) groups is 1. The van der Waals surface area contributed by atoms with Crippen LogP contribution >= 0.6 is 11.8 Å². The molecule has 2 heteroatoms. The average Bonchev–Trinajstić information content (AvgIpc) is 2.68. The first kappa shape index (κ1) is 15.9. The van der Waals surface area contributed by atoms with Gasteiger partial charge < -0.3 is 0 Å². The van der Waals surface area contributed by atoms with E-state index >= 15 is 0 Å². The third-order valence-corrected chi connectivity index (χ3v) is 5.19. The zero-order valence-electron chi connectivity index (χ0n) is 13.9. The summed E-state index contributed by atoms with van der Waals surface area (Å²) in [5.41, 5.74) is 4.48. The van der Waals surface area contributed by atoms with Gasteiger partial charge in [-0.05, 0) is 75.7 Å². The molecular weight excluding hydrogens is 327 g/mol. The van der Waals surface area contributed by atoms with Crippen molar-refractivity contribution in [1.29, 1.82) is 0 Å². The molecule has 4 aromatic carbocycles. The Hall–Kier alpha value is -2.58. The summed E-state index contributed by atoms with van der Waals surface area (Å²) in [7, 11) is 0. The molecule has 0 aliphatic carbocycles. The third-order valence-electron chi connectivity index (χ3n) is 4.44. The first-order valence-electron chi connectivity index (χ1n) is 8.18. The van der Waals surface area contributed by atoms with Gasteiger partial charge in [0, 0.05) is 4.90 Å². The molecule has 25 heavy (non-hydrogen) atoms. The molecule has 4 aromatic rings. The summed E-state index contributed by atoms with van der Waals surface area (Å²) in [5.74, 6) is -0.213. The van der Waals surface area contributed by atoms with Gasteiger partial charge in [0.25, 0.3) is 0 Å². The molecule has 0 saturated heterocycles. The van der Waals surface area contributed by atoms with E-state index in [1.807, 2.05) is 18.2 Å². The minimum Gasteiger partial charge on any atom is -0.207 e. The summed E-state index contributed by atoms with van der Waals surface area (Å²) in [6.45, 7) is 0. The van der Waals surface area contributed by atoms with Crippen molar-refractivity contribution in [2.45, 2.75) is 4.90 Å². The molecule has 122 valence electrons. The lowest BCUT2D eigenvalue weighted by Crippen LogP contribution is -1.87. The highest BCUT2D eigenvalue weighted by Crippen LogP contribution is 2.36. The molecule has 0 N–H and O–H groups in total. The minimum absolute atomic E-state index is 0.213. The van der Waals surface area contributed by atoms with Gasteiger partial charge >= 0.3 is 0 Å². The van der Waals surface area contributed by atoms with Crippen molar-refractivity contribution in [2.75, 3.05) is 6.26 Å². The number of hydrogen-bond donors (Lipinski definition) is 0. The fourth-order valence-corrected chi connectivity index (χ4v) is 3.53. The van der Waals surface area contributed by atoms with Crippen molar-refractivity contribution in [2.24, 2.45) is 0 Å². The Bertz CT molecular complexity index is 1020. The second-order valence-corrected chi connectivity index (χ2v) is 6.86. The van der Waals surface area contributed by atoms with Crippen LogP contribution in [0.15, 0.2) is 89.8 Å². The predicted octanol–water partition coefficient (Wildman–Crippen LogP) is 7.03. The van der Waals surface area contributed by atoms with Crippen LogP contribution in [0.5, 0.6) is 0 Å². The molecule has 0 nitrogen and oxygen atoms in total. The Balaban J connectivity index is 1.96. The van der Waals surface area contributed by atoms with Crippen molar-refractivity contribution in [3.63, 3.8) is 0 Å². The van der Waals surface area contributed by atoms with Gasteiger partial charge in [-0.2, -0.15) is 0 Å². The van der Waals surface area contributed by atoms with Gasteiger partial charge in [-0.15, -0.1) is 11.8 Å². The molecule has 0 radical (unpaired) electrons. The van der Waals surface area contributed by atoms with Crippen LogP contribution in [0.1, 0.15) is 0 Å². The van der Waals surface area contributed by atoms with Crippen molar-refractivity contribution >= 4 is 22.5 Å². The van der Waals surface area contributed by atoms with E-state index in [-0.39, 0.29) is 5.82 Å².